The molecule has 5 nitrogen and oxygen atoms in total. The number of allylic oxidation sites excluding steroid dienone is 1. The summed E-state index contributed by atoms with van der Waals surface area (Å²) in [5, 5.41) is 13.2. The van der Waals surface area contributed by atoms with E-state index >= 15 is 0 Å². The third-order valence-electron chi connectivity index (χ3n) is 3.89. The second kappa shape index (κ2) is 8.93. The maximum Gasteiger partial charge on any atom is 0.230 e. The number of nitrogens with zero attached hydrogens (tertiary/aromatic N) is 3. The summed E-state index contributed by atoms with van der Waals surface area (Å²) >= 11 is 13.6. The van der Waals surface area contributed by atoms with E-state index in [9.17, 15) is 4.79 Å². The summed E-state index contributed by atoms with van der Waals surface area (Å²) < 4.78 is 1.88. The standard InChI is InChI=1S/C18H22Cl2N4OS/c1-5-9-24-16(13-8-7-12(19)10-14(13)20)22-23-17(24)26-11-15(25)21-18(3,4)6-2/h5,7-8,10H,1,6,9,11H2,2-4H3,(H,21,25). The zero-order chi connectivity index (χ0) is 19.3. The molecule has 2 aromatic rings. The summed E-state index contributed by atoms with van der Waals surface area (Å²) in [6.45, 7) is 10.3. The van der Waals surface area contributed by atoms with Gasteiger partial charge in [-0.25, -0.2) is 0 Å². The Morgan fingerprint density at radius 2 is 2.12 bits per heavy atom. The maximum absolute atomic E-state index is 12.2. The van der Waals surface area contributed by atoms with E-state index in [1.807, 2.05) is 25.3 Å². The lowest BCUT2D eigenvalue weighted by molar-refractivity contribution is -0.120. The summed E-state index contributed by atoms with van der Waals surface area (Å²) in [6.07, 6.45) is 2.61. The molecule has 1 aromatic heterocycles. The third-order valence-corrected chi connectivity index (χ3v) is 5.41. The van der Waals surface area contributed by atoms with Gasteiger partial charge in [-0.05, 0) is 38.5 Å². The number of nitrogens with one attached hydrogen (secondary N) is 1. The van der Waals surface area contributed by atoms with Crippen LogP contribution < -0.4 is 5.32 Å². The first kappa shape index (κ1) is 20.8. The zero-order valence-corrected chi connectivity index (χ0v) is 17.4. The van der Waals surface area contributed by atoms with E-state index in [0.29, 0.717) is 27.6 Å². The first-order chi connectivity index (χ1) is 12.3. The van der Waals surface area contributed by atoms with Crippen LogP contribution in [0.2, 0.25) is 10.0 Å². The normalized spacial score (nSPS) is 11.4. The van der Waals surface area contributed by atoms with Crippen molar-refractivity contribution in [2.24, 2.45) is 0 Å². The second-order valence-corrected chi connectivity index (χ2v) is 8.19. The Morgan fingerprint density at radius 1 is 1.38 bits per heavy atom. The molecule has 0 saturated carbocycles. The van der Waals surface area contributed by atoms with Gasteiger partial charge >= 0.3 is 0 Å². The van der Waals surface area contributed by atoms with E-state index in [1.54, 1.807) is 24.3 Å². The van der Waals surface area contributed by atoms with Crippen molar-refractivity contribution in [3.63, 3.8) is 0 Å². The highest BCUT2D eigenvalue weighted by atomic mass is 35.5. The molecule has 0 spiro atoms. The van der Waals surface area contributed by atoms with Gasteiger partial charge in [-0.1, -0.05) is 48.0 Å². The molecular weight excluding hydrogens is 391 g/mol. The van der Waals surface area contributed by atoms with Gasteiger partial charge in [-0.2, -0.15) is 0 Å². The van der Waals surface area contributed by atoms with Gasteiger partial charge in [-0.3, -0.25) is 9.36 Å². The fourth-order valence-corrected chi connectivity index (χ4v) is 3.43. The Morgan fingerprint density at radius 3 is 2.73 bits per heavy atom. The van der Waals surface area contributed by atoms with Crippen LogP contribution in [0.1, 0.15) is 27.2 Å². The van der Waals surface area contributed by atoms with Gasteiger partial charge in [-0.15, -0.1) is 16.8 Å². The Kier molecular flexibility index (Phi) is 7.15. The number of hydrogen-bond donors (Lipinski definition) is 1. The first-order valence-electron chi connectivity index (χ1n) is 8.20. The molecule has 2 rings (SSSR count). The maximum atomic E-state index is 12.2. The highest BCUT2D eigenvalue weighted by Gasteiger charge is 2.20. The molecule has 0 fully saturated rings. The Hall–Kier alpha value is -1.50. The van der Waals surface area contributed by atoms with Gasteiger partial charge in [0.2, 0.25) is 5.91 Å². The van der Waals surface area contributed by atoms with Gasteiger partial charge in [0.25, 0.3) is 0 Å². The molecule has 0 radical (unpaired) electrons. The minimum Gasteiger partial charge on any atom is -0.351 e. The molecule has 1 aromatic carbocycles. The third kappa shape index (κ3) is 5.25. The lowest BCUT2D eigenvalue weighted by Crippen LogP contribution is -2.43. The number of amides is 1. The molecule has 0 aliphatic heterocycles. The fourth-order valence-electron chi connectivity index (χ4n) is 2.19. The van der Waals surface area contributed by atoms with Gasteiger partial charge in [0.05, 0.1) is 10.8 Å². The molecule has 1 amide bonds. The van der Waals surface area contributed by atoms with Crippen molar-refractivity contribution >= 4 is 40.9 Å². The van der Waals surface area contributed by atoms with Crippen LogP contribution in [-0.2, 0) is 11.3 Å². The number of halogens is 2. The number of benzene rings is 1. The van der Waals surface area contributed by atoms with E-state index in [1.165, 1.54) is 11.8 Å². The van der Waals surface area contributed by atoms with E-state index in [-0.39, 0.29) is 17.2 Å². The van der Waals surface area contributed by atoms with Crippen molar-refractivity contribution < 1.29 is 4.79 Å². The van der Waals surface area contributed by atoms with Gasteiger partial charge in [0, 0.05) is 22.7 Å². The second-order valence-electron chi connectivity index (χ2n) is 6.40. The van der Waals surface area contributed by atoms with Crippen LogP contribution in [0.5, 0.6) is 0 Å². The molecule has 0 saturated heterocycles. The largest absolute Gasteiger partial charge is 0.351 e. The molecule has 140 valence electrons. The average Bonchev–Trinajstić information content (AvgIpc) is 2.96. The van der Waals surface area contributed by atoms with E-state index in [4.69, 9.17) is 23.2 Å². The zero-order valence-electron chi connectivity index (χ0n) is 15.1. The molecule has 0 aliphatic carbocycles. The smallest absolute Gasteiger partial charge is 0.230 e. The van der Waals surface area contributed by atoms with Crippen LogP contribution in [0.3, 0.4) is 0 Å². The summed E-state index contributed by atoms with van der Waals surface area (Å²) in [4.78, 5) is 12.2. The van der Waals surface area contributed by atoms with E-state index in [0.717, 1.165) is 12.0 Å². The van der Waals surface area contributed by atoms with E-state index < -0.39 is 0 Å². The molecule has 0 atom stereocenters. The van der Waals surface area contributed by atoms with Crippen molar-refractivity contribution in [2.75, 3.05) is 5.75 Å². The molecule has 1 heterocycles. The number of carbonyl (C=O) groups excluding carboxylic acids is 1. The van der Waals surface area contributed by atoms with Crippen LogP contribution >= 0.6 is 35.0 Å². The van der Waals surface area contributed by atoms with Crippen molar-refractivity contribution in [2.45, 2.75) is 44.4 Å². The molecule has 26 heavy (non-hydrogen) atoms. The van der Waals surface area contributed by atoms with Crippen molar-refractivity contribution in [1.82, 2.24) is 20.1 Å². The lowest BCUT2D eigenvalue weighted by Gasteiger charge is -2.24. The summed E-state index contributed by atoms with van der Waals surface area (Å²) in [5.41, 5.74) is 0.503. The average molecular weight is 413 g/mol. The number of aromatic nitrogens is 3. The predicted molar refractivity (Wildman–Crippen MR) is 109 cm³/mol. The number of rotatable bonds is 8. The Labute approximate surface area is 168 Å². The van der Waals surface area contributed by atoms with Crippen molar-refractivity contribution in [3.8, 4) is 11.4 Å². The van der Waals surface area contributed by atoms with Crippen LogP contribution in [0.15, 0.2) is 36.0 Å². The summed E-state index contributed by atoms with van der Waals surface area (Å²) in [7, 11) is 0. The van der Waals surface area contributed by atoms with Gasteiger partial charge < -0.3 is 5.32 Å². The molecule has 1 N–H and O–H groups in total. The minimum absolute atomic E-state index is 0.0407. The van der Waals surface area contributed by atoms with Gasteiger partial charge in [0.15, 0.2) is 11.0 Å². The molecule has 8 heteroatoms. The molecular formula is C18H22Cl2N4OS. The lowest BCUT2D eigenvalue weighted by atomic mass is 10.0. The highest BCUT2D eigenvalue weighted by molar-refractivity contribution is 7.99. The van der Waals surface area contributed by atoms with Crippen LogP contribution in [-0.4, -0.2) is 32.0 Å². The highest BCUT2D eigenvalue weighted by Crippen LogP contribution is 2.31. The SMILES string of the molecule is C=CCn1c(SCC(=O)NC(C)(C)CC)nnc1-c1ccc(Cl)cc1Cl. The summed E-state index contributed by atoms with van der Waals surface area (Å²) in [6, 6.07) is 5.22. The first-order valence-corrected chi connectivity index (χ1v) is 9.95. The quantitative estimate of drug-likeness (QED) is 0.497. The molecule has 0 aliphatic rings. The fraction of sp³-hybridized carbons (Fsp3) is 0.389. The summed E-state index contributed by atoms with van der Waals surface area (Å²) in [5.74, 6) is 0.831. The van der Waals surface area contributed by atoms with Crippen molar-refractivity contribution in [3.05, 3.63) is 40.9 Å². The van der Waals surface area contributed by atoms with E-state index in [2.05, 4.69) is 22.1 Å². The van der Waals surface area contributed by atoms with Crippen LogP contribution in [0, 0.1) is 0 Å². The van der Waals surface area contributed by atoms with Gasteiger partial charge in [0.1, 0.15) is 0 Å². The topological polar surface area (TPSA) is 59.8 Å². The molecule has 0 bridgehead atoms. The monoisotopic (exact) mass is 412 g/mol. The van der Waals surface area contributed by atoms with Crippen LogP contribution in [0.25, 0.3) is 11.4 Å². The predicted octanol–water partition coefficient (Wildman–Crippen LogP) is 4.83. The number of carbonyl (C=O) groups is 1. The Balaban J connectivity index is 2.21. The molecule has 0 unspecified atom stereocenters. The minimum atomic E-state index is -0.228. The number of hydrogen-bond acceptors (Lipinski definition) is 4. The van der Waals surface area contributed by atoms with Crippen molar-refractivity contribution in [1.29, 1.82) is 0 Å². The van der Waals surface area contributed by atoms with Crippen LogP contribution in [0.4, 0.5) is 0 Å². The Bertz CT molecular complexity index is 804. The number of thioether (sulfide) groups is 1.